The van der Waals surface area contributed by atoms with E-state index in [2.05, 4.69) is 19.4 Å². The van der Waals surface area contributed by atoms with Gasteiger partial charge < -0.3 is 4.52 Å². The van der Waals surface area contributed by atoms with E-state index in [0.717, 1.165) is 24.3 Å². The fourth-order valence-electron chi connectivity index (χ4n) is 2.10. The molecule has 6 nitrogen and oxygen atoms in total. The molecule has 0 bridgehead atoms. The average molecular weight is 401 g/mol. The van der Waals surface area contributed by atoms with Crippen LogP contribution in [-0.4, -0.2) is 18.6 Å². The molecule has 0 fully saturated rings. The van der Waals surface area contributed by atoms with Crippen LogP contribution in [0, 0.1) is 5.82 Å². The Morgan fingerprint density at radius 3 is 2.19 bits per heavy atom. The van der Waals surface area contributed by atoms with Crippen LogP contribution < -0.4 is 4.72 Å². The number of nitrogens with one attached hydrogen (secondary N) is 1. The highest BCUT2D eigenvalue weighted by Crippen LogP contribution is 2.28. The maximum atomic E-state index is 12.9. The number of benzene rings is 2. The SMILES string of the molecule is O=S(=O)(NCc1ccc(-c2nc(C(F)(F)F)no2)cc1)c1ccc(F)cc1. The monoisotopic (exact) mass is 401 g/mol. The third-order valence-corrected chi connectivity index (χ3v) is 4.89. The van der Waals surface area contributed by atoms with Crippen molar-refractivity contribution in [2.24, 2.45) is 0 Å². The second kappa shape index (κ2) is 7.08. The number of hydrogen-bond acceptors (Lipinski definition) is 5. The highest BCUT2D eigenvalue weighted by atomic mass is 32.2. The molecule has 2 aromatic carbocycles. The fourth-order valence-corrected chi connectivity index (χ4v) is 3.11. The summed E-state index contributed by atoms with van der Waals surface area (Å²) in [6, 6.07) is 10.2. The molecule has 1 aromatic heterocycles. The molecule has 1 heterocycles. The minimum atomic E-state index is -4.71. The standard InChI is InChI=1S/C16H11F4N3O3S/c17-12-5-7-13(8-6-12)27(24,25)21-9-10-1-3-11(4-2-10)14-22-15(23-26-14)16(18,19)20/h1-8,21H,9H2. The van der Waals surface area contributed by atoms with E-state index >= 15 is 0 Å². The van der Waals surface area contributed by atoms with E-state index in [1.807, 2.05) is 0 Å². The van der Waals surface area contributed by atoms with Gasteiger partial charge in [0.15, 0.2) is 0 Å². The Morgan fingerprint density at radius 1 is 1.00 bits per heavy atom. The smallest absolute Gasteiger partial charge is 0.334 e. The van der Waals surface area contributed by atoms with E-state index in [9.17, 15) is 26.0 Å². The molecule has 1 N–H and O–H groups in total. The van der Waals surface area contributed by atoms with Crippen molar-refractivity contribution in [3.05, 3.63) is 65.7 Å². The molecule has 11 heteroatoms. The Hall–Kier alpha value is -2.79. The maximum absolute atomic E-state index is 12.9. The van der Waals surface area contributed by atoms with Gasteiger partial charge in [-0.25, -0.2) is 17.5 Å². The zero-order valence-corrected chi connectivity index (χ0v) is 14.2. The van der Waals surface area contributed by atoms with Crippen molar-refractivity contribution in [1.29, 1.82) is 0 Å². The highest BCUT2D eigenvalue weighted by Gasteiger charge is 2.37. The second-order valence-electron chi connectivity index (χ2n) is 5.40. The van der Waals surface area contributed by atoms with Gasteiger partial charge in [0.05, 0.1) is 4.90 Å². The molecule has 0 saturated carbocycles. The normalized spacial score (nSPS) is 12.3. The lowest BCUT2D eigenvalue weighted by molar-refractivity contribution is -0.146. The first kappa shape index (κ1) is 19.0. The zero-order valence-electron chi connectivity index (χ0n) is 13.4. The molecule has 0 amide bonds. The average Bonchev–Trinajstić information content (AvgIpc) is 3.11. The summed E-state index contributed by atoms with van der Waals surface area (Å²) in [5.74, 6) is -2.24. The number of aromatic nitrogens is 2. The summed E-state index contributed by atoms with van der Waals surface area (Å²) < 4.78 is 81.5. The van der Waals surface area contributed by atoms with Gasteiger partial charge >= 0.3 is 6.18 Å². The summed E-state index contributed by atoms with van der Waals surface area (Å²) >= 11 is 0. The van der Waals surface area contributed by atoms with Crippen LogP contribution in [0.25, 0.3) is 11.5 Å². The van der Waals surface area contributed by atoms with Crippen LogP contribution in [0.15, 0.2) is 57.9 Å². The molecule has 0 saturated heterocycles. The minimum absolute atomic E-state index is 0.0718. The lowest BCUT2D eigenvalue weighted by Crippen LogP contribution is -2.23. The van der Waals surface area contributed by atoms with Crippen molar-refractivity contribution in [2.75, 3.05) is 0 Å². The Morgan fingerprint density at radius 2 is 1.63 bits per heavy atom. The van der Waals surface area contributed by atoms with Gasteiger partial charge in [0.1, 0.15) is 5.82 Å². The minimum Gasteiger partial charge on any atom is -0.334 e. The molecule has 0 aliphatic carbocycles. The molecule has 0 aliphatic rings. The van der Waals surface area contributed by atoms with Crippen molar-refractivity contribution >= 4 is 10.0 Å². The summed E-state index contributed by atoms with van der Waals surface area (Å²) in [5, 5.41) is 2.87. The van der Waals surface area contributed by atoms with Crippen LogP contribution in [0.4, 0.5) is 17.6 Å². The van der Waals surface area contributed by atoms with Gasteiger partial charge in [0.25, 0.3) is 11.7 Å². The largest absolute Gasteiger partial charge is 0.455 e. The van der Waals surface area contributed by atoms with Crippen molar-refractivity contribution in [3.63, 3.8) is 0 Å². The Bertz CT molecular complexity index is 1030. The predicted octanol–water partition coefficient (Wildman–Crippen LogP) is 3.37. The lowest BCUT2D eigenvalue weighted by atomic mass is 10.1. The third kappa shape index (κ3) is 4.49. The number of rotatable bonds is 5. The molecule has 142 valence electrons. The number of alkyl halides is 3. The van der Waals surface area contributed by atoms with Gasteiger partial charge in [-0.3, -0.25) is 0 Å². The molecular weight excluding hydrogens is 390 g/mol. The van der Waals surface area contributed by atoms with Crippen molar-refractivity contribution in [3.8, 4) is 11.5 Å². The second-order valence-corrected chi connectivity index (χ2v) is 7.16. The Balaban J connectivity index is 1.69. The lowest BCUT2D eigenvalue weighted by Gasteiger charge is -2.07. The molecule has 3 aromatic rings. The van der Waals surface area contributed by atoms with E-state index in [1.165, 1.54) is 24.3 Å². The van der Waals surface area contributed by atoms with Gasteiger partial charge in [0, 0.05) is 12.1 Å². The van der Waals surface area contributed by atoms with Crippen molar-refractivity contribution in [1.82, 2.24) is 14.9 Å². The van der Waals surface area contributed by atoms with Crippen LogP contribution in [0.2, 0.25) is 0 Å². The van der Waals surface area contributed by atoms with Crippen molar-refractivity contribution < 1.29 is 30.5 Å². The quantitative estimate of drug-likeness (QED) is 0.663. The molecule has 3 rings (SSSR count). The fraction of sp³-hybridized carbons (Fsp3) is 0.125. The number of hydrogen-bond donors (Lipinski definition) is 1. The van der Waals surface area contributed by atoms with Gasteiger partial charge in [0.2, 0.25) is 10.0 Å². The Kier molecular flexibility index (Phi) is 4.98. The first-order chi connectivity index (χ1) is 12.6. The van der Waals surface area contributed by atoms with Crippen LogP contribution >= 0.6 is 0 Å². The van der Waals surface area contributed by atoms with Gasteiger partial charge in [-0.2, -0.15) is 18.2 Å². The maximum Gasteiger partial charge on any atom is 0.455 e. The van der Waals surface area contributed by atoms with E-state index < -0.39 is 27.8 Å². The van der Waals surface area contributed by atoms with Gasteiger partial charge in [-0.1, -0.05) is 17.3 Å². The van der Waals surface area contributed by atoms with E-state index in [4.69, 9.17) is 0 Å². The van der Waals surface area contributed by atoms with Crippen molar-refractivity contribution in [2.45, 2.75) is 17.6 Å². The molecular formula is C16H11F4N3O3S. The van der Waals surface area contributed by atoms with Crippen LogP contribution in [-0.2, 0) is 22.7 Å². The predicted molar refractivity (Wildman–Crippen MR) is 85.2 cm³/mol. The van der Waals surface area contributed by atoms with E-state index in [-0.39, 0.29) is 22.9 Å². The van der Waals surface area contributed by atoms with E-state index in [0.29, 0.717) is 5.56 Å². The summed E-state index contributed by atoms with van der Waals surface area (Å²) in [6.07, 6.45) is -4.71. The summed E-state index contributed by atoms with van der Waals surface area (Å²) in [4.78, 5) is 3.18. The number of nitrogens with zero attached hydrogens (tertiary/aromatic N) is 2. The summed E-state index contributed by atoms with van der Waals surface area (Å²) in [5.41, 5.74) is 0.795. The van der Waals surface area contributed by atoms with Crippen LogP contribution in [0.3, 0.4) is 0 Å². The van der Waals surface area contributed by atoms with Crippen LogP contribution in [0.1, 0.15) is 11.4 Å². The molecule has 27 heavy (non-hydrogen) atoms. The van der Waals surface area contributed by atoms with Gasteiger partial charge in [-0.15, -0.1) is 0 Å². The zero-order chi connectivity index (χ0) is 19.7. The highest BCUT2D eigenvalue weighted by molar-refractivity contribution is 7.89. The van der Waals surface area contributed by atoms with E-state index in [1.54, 1.807) is 0 Å². The summed E-state index contributed by atoms with van der Waals surface area (Å²) in [6.45, 7) is -0.0718. The Labute approximate surface area is 150 Å². The number of sulfonamides is 1. The van der Waals surface area contributed by atoms with Crippen LogP contribution in [0.5, 0.6) is 0 Å². The molecule has 0 radical (unpaired) electrons. The third-order valence-electron chi connectivity index (χ3n) is 3.47. The first-order valence-electron chi connectivity index (χ1n) is 7.40. The molecule has 0 atom stereocenters. The molecule has 0 unspecified atom stereocenters. The topological polar surface area (TPSA) is 85.1 Å². The number of halogens is 4. The molecule has 0 spiro atoms. The summed E-state index contributed by atoms with van der Waals surface area (Å²) in [7, 11) is -3.83. The first-order valence-corrected chi connectivity index (χ1v) is 8.89. The molecule has 0 aliphatic heterocycles. The van der Waals surface area contributed by atoms with Gasteiger partial charge in [-0.05, 0) is 42.0 Å².